The summed E-state index contributed by atoms with van der Waals surface area (Å²) in [5.41, 5.74) is 9.05. The molecule has 3 atom stereocenters. The molecule has 0 spiro atoms. The number of hydrogen-bond donors (Lipinski definition) is 1. The summed E-state index contributed by atoms with van der Waals surface area (Å²) in [6.07, 6.45) is 3.79. The van der Waals surface area contributed by atoms with Gasteiger partial charge in [-0.25, -0.2) is 9.18 Å². The highest BCUT2D eigenvalue weighted by Gasteiger charge is 2.45. The van der Waals surface area contributed by atoms with Gasteiger partial charge in [0.1, 0.15) is 23.2 Å². The second-order valence-corrected chi connectivity index (χ2v) is 13.1. The molecule has 238 valence electrons. The zero-order valence-electron chi connectivity index (χ0n) is 25.8. The van der Waals surface area contributed by atoms with Gasteiger partial charge in [-0.3, -0.25) is 14.7 Å². The lowest BCUT2D eigenvalue weighted by Gasteiger charge is -2.35. The quantitative estimate of drug-likeness (QED) is 0.180. The molecule has 2 aliphatic heterocycles. The van der Waals surface area contributed by atoms with E-state index >= 15 is 4.39 Å². The number of nitrogens with zero attached hydrogens (tertiary/aromatic N) is 5. The molecule has 2 amide bonds. The third-order valence-electron chi connectivity index (χ3n) is 7.97. The molecule has 2 fully saturated rings. The maximum Gasteiger partial charge on any atom is 0.412 e. The van der Waals surface area contributed by atoms with Crippen molar-refractivity contribution in [1.29, 1.82) is 0 Å². The topological polar surface area (TPSA) is 139 Å². The molecule has 11 nitrogen and oxygen atoms in total. The minimum atomic E-state index is -1.13. The fourth-order valence-corrected chi connectivity index (χ4v) is 6.06. The van der Waals surface area contributed by atoms with E-state index in [-0.39, 0.29) is 30.2 Å². The molecule has 1 N–H and O–H groups in total. The summed E-state index contributed by atoms with van der Waals surface area (Å²) >= 11 is 6.13. The van der Waals surface area contributed by atoms with Crippen LogP contribution in [0.3, 0.4) is 0 Å². The fourth-order valence-electron chi connectivity index (χ4n) is 5.93. The Balaban J connectivity index is 1.58. The van der Waals surface area contributed by atoms with Crippen LogP contribution in [0.1, 0.15) is 70.9 Å². The SMILES string of the molecule is CC(C)(C)OC(=O)N1[C@@H](CCc2c(F)cncc2NC(=O)C(N=[N+]=[N-])[C@@H](c2ccc(Cl)cc2)C2CCOCC2)COC1(C)C. The Morgan fingerprint density at radius 3 is 2.57 bits per heavy atom. The first-order chi connectivity index (χ1) is 20.8. The Bertz CT molecular complexity index is 1370. The summed E-state index contributed by atoms with van der Waals surface area (Å²) in [5.74, 6) is -1.65. The van der Waals surface area contributed by atoms with Crippen molar-refractivity contribution in [3.63, 3.8) is 0 Å². The van der Waals surface area contributed by atoms with Crippen molar-refractivity contribution in [1.82, 2.24) is 9.88 Å². The Kier molecular flexibility index (Phi) is 10.7. The fraction of sp³-hybridized carbons (Fsp3) is 0.581. The van der Waals surface area contributed by atoms with Crippen molar-refractivity contribution in [3.05, 3.63) is 69.1 Å². The molecule has 3 heterocycles. The van der Waals surface area contributed by atoms with Gasteiger partial charge in [0.05, 0.1) is 30.7 Å². The van der Waals surface area contributed by atoms with Gasteiger partial charge >= 0.3 is 6.09 Å². The first kappa shape index (κ1) is 33.5. The number of hydrogen-bond acceptors (Lipinski definition) is 7. The van der Waals surface area contributed by atoms with E-state index in [1.54, 1.807) is 46.8 Å². The molecular formula is C31H40ClFN6O5. The number of aromatic nitrogens is 1. The number of nitrogens with one attached hydrogen (secondary N) is 1. The van der Waals surface area contributed by atoms with Gasteiger partial charge in [-0.15, -0.1) is 0 Å². The van der Waals surface area contributed by atoms with Crippen LogP contribution in [0.2, 0.25) is 5.02 Å². The molecule has 0 saturated carbocycles. The number of azide groups is 1. The summed E-state index contributed by atoms with van der Waals surface area (Å²) in [6.45, 7) is 10.2. The minimum Gasteiger partial charge on any atom is -0.444 e. The van der Waals surface area contributed by atoms with Gasteiger partial charge in [-0.05, 0) is 89.4 Å². The lowest BCUT2D eigenvalue weighted by molar-refractivity contribution is -0.118. The molecule has 13 heteroatoms. The molecule has 0 aliphatic carbocycles. The Hall–Kier alpha value is -3.44. The summed E-state index contributed by atoms with van der Waals surface area (Å²) < 4.78 is 32.3. The van der Waals surface area contributed by atoms with Crippen LogP contribution in [0.5, 0.6) is 0 Å². The number of benzene rings is 1. The van der Waals surface area contributed by atoms with E-state index < -0.39 is 47.1 Å². The smallest absolute Gasteiger partial charge is 0.412 e. The first-order valence-corrected chi connectivity index (χ1v) is 15.2. The summed E-state index contributed by atoms with van der Waals surface area (Å²) in [4.78, 5) is 35.4. The Morgan fingerprint density at radius 2 is 1.93 bits per heavy atom. The average Bonchev–Trinajstić information content (AvgIpc) is 3.27. The maximum atomic E-state index is 15.2. The third-order valence-corrected chi connectivity index (χ3v) is 8.22. The summed E-state index contributed by atoms with van der Waals surface area (Å²) in [6, 6.07) is 5.59. The van der Waals surface area contributed by atoms with E-state index in [1.165, 1.54) is 11.1 Å². The van der Waals surface area contributed by atoms with Crippen LogP contribution in [0.15, 0.2) is 41.8 Å². The first-order valence-electron chi connectivity index (χ1n) is 14.8. The number of ether oxygens (including phenoxy) is 3. The molecule has 2 aromatic rings. The van der Waals surface area contributed by atoms with Crippen molar-refractivity contribution in [2.45, 2.75) is 89.6 Å². The molecule has 44 heavy (non-hydrogen) atoms. The summed E-state index contributed by atoms with van der Waals surface area (Å²) in [5, 5.41) is 7.27. The number of rotatable bonds is 9. The van der Waals surface area contributed by atoms with Crippen molar-refractivity contribution >= 4 is 29.3 Å². The highest BCUT2D eigenvalue weighted by atomic mass is 35.5. The van der Waals surface area contributed by atoms with Crippen LogP contribution in [0, 0.1) is 11.7 Å². The number of pyridine rings is 1. The van der Waals surface area contributed by atoms with E-state index in [9.17, 15) is 15.1 Å². The van der Waals surface area contributed by atoms with E-state index in [0.717, 1.165) is 11.8 Å². The second kappa shape index (κ2) is 14.1. The molecule has 1 unspecified atom stereocenters. The standard InChI is InChI=1S/C31H40ClFN6O5/c1-30(2,3)44-29(41)39-22(18-43-31(39,4)5)10-11-23-24(33)16-35-17-25(23)36-28(40)27(37-38-34)26(20-12-14-42-15-13-20)19-6-8-21(32)9-7-19/h6-9,16-17,20,22,26-27H,10-15,18H2,1-5H3,(H,36,40)/t22-,26-,27?/m0/s1. The van der Waals surface area contributed by atoms with Gasteiger partial charge in [-0.1, -0.05) is 28.8 Å². The van der Waals surface area contributed by atoms with Gasteiger partial charge in [-0.2, -0.15) is 0 Å². The molecule has 0 bridgehead atoms. The average molecular weight is 631 g/mol. The molecule has 1 aromatic heterocycles. The minimum absolute atomic E-state index is 0.000776. The zero-order chi connectivity index (χ0) is 32.1. The highest BCUT2D eigenvalue weighted by Crippen LogP contribution is 2.38. The van der Waals surface area contributed by atoms with Crippen LogP contribution in [0.25, 0.3) is 10.4 Å². The van der Waals surface area contributed by atoms with Crippen LogP contribution < -0.4 is 5.32 Å². The van der Waals surface area contributed by atoms with Crippen LogP contribution in [0.4, 0.5) is 14.9 Å². The molecule has 0 radical (unpaired) electrons. The second-order valence-electron chi connectivity index (χ2n) is 12.6. The Morgan fingerprint density at radius 1 is 1.25 bits per heavy atom. The van der Waals surface area contributed by atoms with E-state index in [0.29, 0.717) is 37.5 Å². The van der Waals surface area contributed by atoms with E-state index in [2.05, 4.69) is 20.3 Å². The largest absolute Gasteiger partial charge is 0.444 e. The zero-order valence-corrected chi connectivity index (χ0v) is 26.5. The normalized spacial score (nSPS) is 20.0. The molecule has 1 aromatic carbocycles. The van der Waals surface area contributed by atoms with E-state index in [4.69, 9.17) is 25.8 Å². The number of amides is 2. The number of carbonyl (C=O) groups is 2. The van der Waals surface area contributed by atoms with Crippen LogP contribution in [-0.2, 0) is 25.4 Å². The van der Waals surface area contributed by atoms with E-state index in [1.807, 2.05) is 12.1 Å². The van der Waals surface area contributed by atoms with Gasteiger partial charge in [0.2, 0.25) is 5.91 Å². The predicted molar refractivity (Wildman–Crippen MR) is 164 cm³/mol. The number of carbonyl (C=O) groups excluding carboxylic acids is 2. The van der Waals surface area contributed by atoms with Gasteiger partial charge in [0.15, 0.2) is 0 Å². The van der Waals surface area contributed by atoms with Crippen LogP contribution in [-0.4, -0.2) is 65.1 Å². The van der Waals surface area contributed by atoms with Crippen molar-refractivity contribution in [2.75, 3.05) is 25.1 Å². The molecule has 2 aliphatic rings. The van der Waals surface area contributed by atoms with Crippen LogP contribution >= 0.6 is 11.6 Å². The molecule has 4 rings (SSSR count). The lowest BCUT2D eigenvalue weighted by Crippen LogP contribution is -2.50. The lowest BCUT2D eigenvalue weighted by atomic mass is 9.76. The predicted octanol–water partition coefficient (Wildman–Crippen LogP) is 7.01. The molecule has 2 saturated heterocycles. The summed E-state index contributed by atoms with van der Waals surface area (Å²) in [7, 11) is 0. The van der Waals surface area contributed by atoms with Crippen molar-refractivity contribution in [3.8, 4) is 0 Å². The number of anilines is 1. The van der Waals surface area contributed by atoms with Gasteiger partial charge < -0.3 is 19.5 Å². The number of halogens is 2. The highest BCUT2D eigenvalue weighted by molar-refractivity contribution is 6.30. The van der Waals surface area contributed by atoms with Gasteiger partial charge in [0.25, 0.3) is 0 Å². The van der Waals surface area contributed by atoms with Crippen molar-refractivity contribution < 1.29 is 28.2 Å². The third kappa shape index (κ3) is 8.18. The van der Waals surface area contributed by atoms with Gasteiger partial charge in [0, 0.05) is 34.6 Å². The molecular weight excluding hydrogens is 591 g/mol. The maximum absolute atomic E-state index is 15.2. The van der Waals surface area contributed by atoms with Crippen molar-refractivity contribution in [2.24, 2.45) is 11.0 Å². The Labute approximate surface area is 262 Å². The monoisotopic (exact) mass is 630 g/mol.